The Morgan fingerprint density at radius 1 is 1.12 bits per heavy atom. The number of nitrogens with one attached hydrogen (secondary N) is 1. The molecule has 0 aliphatic carbocycles. The molecule has 3 nitrogen and oxygen atoms in total. The number of para-hydroxylation sites is 1. The molecule has 4 heteroatoms. The number of anilines is 1. The van der Waals surface area contributed by atoms with Crippen LogP contribution in [0.25, 0.3) is 0 Å². The predicted octanol–water partition coefficient (Wildman–Crippen LogP) is 5.66. The van der Waals surface area contributed by atoms with Crippen LogP contribution >= 0.6 is 11.8 Å². The zero-order valence-electron chi connectivity index (χ0n) is 16.2. The Bertz CT molecular complexity index is 720. The van der Waals surface area contributed by atoms with Crippen molar-refractivity contribution in [2.24, 2.45) is 0 Å². The van der Waals surface area contributed by atoms with Gasteiger partial charge in [0.2, 0.25) is 5.91 Å². The molecule has 26 heavy (non-hydrogen) atoms. The molecule has 0 unspecified atom stereocenters. The average Bonchev–Trinajstić information content (AvgIpc) is 2.59. The maximum Gasteiger partial charge on any atom is 0.224 e. The number of carbonyl (C=O) groups is 1. The first kappa shape index (κ1) is 20.4. The van der Waals surface area contributed by atoms with E-state index in [-0.39, 0.29) is 5.91 Å². The van der Waals surface area contributed by atoms with Crippen molar-refractivity contribution < 1.29 is 9.53 Å². The molecule has 0 spiro atoms. The fourth-order valence-corrected chi connectivity index (χ4v) is 3.97. The lowest BCUT2D eigenvalue weighted by Crippen LogP contribution is -2.13. The smallest absolute Gasteiger partial charge is 0.224 e. The second-order valence-corrected chi connectivity index (χ2v) is 7.62. The highest BCUT2D eigenvalue weighted by atomic mass is 32.2. The SMILES string of the molecule is CCOc1ccccc1CSCCCC(=O)Nc1c(C)cc(C)cc1C. The van der Waals surface area contributed by atoms with Gasteiger partial charge in [-0.1, -0.05) is 35.9 Å². The van der Waals surface area contributed by atoms with Crippen molar-refractivity contribution in [1.29, 1.82) is 0 Å². The number of carbonyl (C=O) groups excluding carboxylic acids is 1. The molecule has 0 saturated heterocycles. The Kier molecular flexibility index (Phi) is 8.05. The first-order valence-corrected chi connectivity index (χ1v) is 10.3. The van der Waals surface area contributed by atoms with Gasteiger partial charge in [0.25, 0.3) is 0 Å². The van der Waals surface area contributed by atoms with Crippen LogP contribution in [0, 0.1) is 20.8 Å². The number of hydrogen-bond acceptors (Lipinski definition) is 3. The standard InChI is InChI=1S/C22H29NO2S/c1-5-25-20-10-7-6-9-19(20)15-26-12-8-11-21(24)23-22-17(3)13-16(2)14-18(22)4/h6-7,9-10,13-14H,5,8,11-12,15H2,1-4H3,(H,23,24). The molecule has 2 aromatic rings. The van der Waals surface area contributed by atoms with Crippen LogP contribution in [0.1, 0.15) is 42.0 Å². The van der Waals surface area contributed by atoms with Crippen LogP contribution in [0.15, 0.2) is 36.4 Å². The maximum atomic E-state index is 12.2. The third-order valence-corrected chi connectivity index (χ3v) is 5.26. The van der Waals surface area contributed by atoms with Gasteiger partial charge in [-0.05, 0) is 57.1 Å². The van der Waals surface area contributed by atoms with Crippen molar-refractivity contribution in [2.45, 2.75) is 46.3 Å². The Labute approximate surface area is 161 Å². The molecule has 0 aliphatic heterocycles. The summed E-state index contributed by atoms with van der Waals surface area (Å²) in [5, 5.41) is 3.07. The molecule has 0 fully saturated rings. The fourth-order valence-electron chi connectivity index (χ4n) is 3.02. The van der Waals surface area contributed by atoms with Gasteiger partial charge in [0.15, 0.2) is 0 Å². The van der Waals surface area contributed by atoms with Gasteiger partial charge in [-0.2, -0.15) is 11.8 Å². The minimum atomic E-state index is 0.0929. The van der Waals surface area contributed by atoms with Crippen LogP contribution < -0.4 is 10.1 Å². The Morgan fingerprint density at radius 3 is 2.50 bits per heavy atom. The zero-order chi connectivity index (χ0) is 18.9. The molecular formula is C22H29NO2S. The van der Waals surface area contributed by atoms with Gasteiger partial charge in [-0.3, -0.25) is 4.79 Å². The van der Waals surface area contributed by atoms with E-state index in [1.54, 1.807) is 0 Å². The molecule has 0 heterocycles. The van der Waals surface area contributed by atoms with Crippen molar-refractivity contribution in [3.63, 3.8) is 0 Å². The summed E-state index contributed by atoms with van der Waals surface area (Å²) in [5.74, 6) is 2.93. The van der Waals surface area contributed by atoms with E-state index < -0.39 is 0 Å². The van der Waals surface area contributed by atoms with Crippen molar-refractivity contribution in [3.8, 4) is 5.75 Å². The highest BCUT2D eigenvalue weighted by Crippen LogP contribution is 2.24. The van der Waals surface area contributed by atoms with Crippen LogP contribution in [0.4, 0.5) is 5.69 Å². The third-order valence-electron chi connectivity index (χ3n) is 4.16. The van der Waals surface area contributed by atoms with E-state index >= 15 is 0 Å². The highest BCUT2D eigenvalue weighted by molar-refractivity contribution is 7.98. The molecule has 1 N–H and O–H groups in total. The van der Waals surface area contributed by atoms with E-state index in [1.807, 2.05) is 50.7 Å². The first-order chi connectivity index (χ1) is 12.5. The lowest BCUT2D eigenvalue weighted by Gasteiger charge is -2.13. The van der Waals surface area contributed by atoms with Gasteiger partial charge in [0, 0.05) is 23.4 Å². The van der Waals surface area contributed by atoms with E-state index in [0.717, 1.165) is 40.5 Å². The van der Waals surface area contributed by atoms with Crippen molar-refractivity contribution in [3.05, 3.63) is 58.7 Å². The first-order valence-electron chi connectivity index (χ1n) is 9.17. The fraction of sp³-hybridized carbons (Fsp3) is 0.409. The number of benzene rings is 2. The predicted molar refractivity (Wildman–Crippen MR) is 112 cm³/mol. The number of amides is 1. The van der Waals surface area contributed by atoms with Crippen molar-refractivity contribution in [1.82, 2.24) is 0 Å². The van der Waals surface area contributed by atoms with Crippen LogP contribution in [-0.4, -0.2) is 18.3 Å². The summed E-state index contributed by atoms with van der Waals surface area (Å²) in [4.78, 5) is 12.2. The molecular weight excluding hydrogens is 342 g/mol. The van der Waals surface area contributed by atoms with E-state index in [0.29, 0.717) is 13.0 Å². The Morgan fingerprint density at radius 2 is 1.81 bits per heavy atom. The molecule has 0 aromatic heterocycles. The van der Waals surface area contributed by atoms with Gasteiger partial charge < -0.3 is 10.1 Å². The normalized spacial score (nSPS) is 10.6. The maximum absolute atomic E-state index is 12.2. The number of aryl methyl sites for hydroxylation is 3. The molecule has 0 aliphatic rings. The summed E-state index contributed by atoms with van der Waals surface area (Å²) < 4.78 is 5.65. The molecule has 0 atom stereocenters. The van der Waals surface area contributed by atoms with E-state index in [2.05, 4.69) is 30.4 Å². The summed E-state index contributed by atoms with van der Waals surface area (Å²) in [6.45, 7) is 8.84. The second-order valence-electron chi connectivity index (χ2n) is 6.52. The molecule has 0 radical (unpaired) electrons. The summed E-state index contributed by atoms with van der Waals surface area (Å²) >= 11 is 1.84. The Balaban J connectivity index is 1.74. The van der Waals surface area contributed by atoms with Crippen LogP contribution in [0.5, 0.6) is 5.75 Å². The number of thioether (sulfide) groups is 1. The van der Waals surface area contributed by atoms with Crippen molar-refractivity contribution in [2.75, 3.05) is 17.7 Å². The van der Waals surface area contributed by atoms with Gasteiger partial charge in [-0.15, -0.1) is 0 Å². The molecule has 1 amide bonds. The summed E-state index contributed by atoms with van der Waals surface area (Å²) in [6, 6.07) is 12.4. The van der Waals surface area contributed by atoms with Gasteiger partial charge in [-0.25, -0.2) is 0 Å². The van der Waals surface area contributed by atoms with Gasteiger partial charge >= 0.3 is 0 Å². The number of ether oxygens (including phenoxy) is 1. The highest BCUT2D eigenvalue weighted by Gasteiger charge is 2.08. The van der Waals surface area contributed by atoms with Gasteiger partial charge in [0.1, 0.15) is 5.75 Å². The quantitative estimate of drug-likeness (QED) is 0.578. The summed E-state index contributed by atoms with van der Waals surface area (Å²) in [7, 11) is 0. The number of rotatable bonds is 9. The molecule has 140 valence electrons. The minimum absolute atomic E-state index is 0.0929. The molecule has 0 bridgehead atoms. The monoisotopic (exact) mass is 371 g/mol. The van der Waals surface area contributed by atoms with Crippen LogP contribution in [-0.2, 0) is 10.5 Å². The van der Waals surface area contributed by atoms with E-state index in [4.69, 9.17) is 4.74 Å². The lowest BCUT2D eigenvalue weighted by molar-refractivity contribution is -0.116. The molecule has 2 aromatic carbocycles. The summed E-state index contributed by atoms with van der Waals surface area (Å²) in [6.07, 6.45) is 1.42. The van der Waals surface area contributed by atoms with Crippen LogP contribution in [0.3, 0.4) is 0 Å². The van der Waals surface area contributed by atoms with Crippen molar-refractivity contribution >= 4 is 23.4 Å². The third kappa shape index (κ3) is 6.10. The van der Waals surface area contributed by atoms with Crippen LogP contribution in [0.2, 0.25) is 0 Å². The molecule has 2 rings (SSSR count). The topological polar surface area (TPSA) is 38.3 Å². The van der Waals surface area contributed by atoms with Gasteiger partial charge in [0.05, 0.1) is 6.61 Å². The minimum Gasteiger partial charge on any atom is -0.494 e. The Hall–Kier alpha value is -1.94. The largest absolute Gasteiger partial charge is 0.494 e. The summed E-state index contributed by atoms with van der Waals surface area (Å²) in [5.41, 5.74) is 5.64. The number of hydrogen-bond donors (Lipinski definition) is 1. The van der Waals surface area contributed by atoms with E-state index in [9.17, 15) is 4.79 Å². The zero-order valence-corrected chi connectivity index (χ0v) is 17.0. The average molecular weight is 372 g/mol. The lowest BCUT2D eigenvalue weighted by atomic mass is 10.0. The molecule has 0 saturated carbocycles. The second kappa shape index (κ2) is 10.3. The van der Waals surface area contributed by atoms with E-state index in [1.165, 1.54) is 11.1 Å².